The van der Waals surface area contributed by atoms with Crippen molar-refractivity contribution >= 4 is 19.1 Å². The minimum absolute atomic E-state index is 0.299. The Morgan fingerprint density at radius 3 is 2.95 bits per heavy atom. The van der Waals surface area contributed by atoms with Gasteiger partial charge in [0, 0.05) is 24.1 Å². The lowest BCUT2D eigenvalue weighted by Crippen LogP contribution is -2.08. The molecule has 0 saturated heterocycles. The van der Waals surface area contributed by atoms with E-state index >= 15 is 0 Å². The van der Waals surface area contributed by atoms with Gasteiger partial charge < -0.3 is 9.84 Å². The first-order valence-electron chi connectivity index (χ1n) is 6.99. The second-order valence-electron chi connectivity index (χ2n) is 5.20. The first-order chi connectivity index (χ1) is 9.74. The molecule has 20 heavy (non-hydrogen) atoms. The molecule has 2 aromatic rings. The standard InChI is InChI=1S/C15H16BFN2O/c16-11-7-6-10(13(17)8-11)9-18-15-12-4-2-1-3-5-14(12)20-19-15/h6-8H,1-5,9H2,(H,18,19). The molecule has 102 valence electrons. The van der Waals surface area contributed by atoms with Crippen molar-refractivity contribution in [3.05, 3.63) is 40.9 Å². The fraction of sp³-hybridized carbons (Fsp3) is 0.400. The second-order valence-corrected chi connectivity index (χ2v) is 5.20. The Kier molecular flexibility index (Phi) is 3.76. The fourth-order valence-corrected chi connectivity index (χ4v) is 2.59. The van der Waals surface area contributed by atoms with Gasteiger partial charge in [-0.3, -0.25) is 0 Å². The molecule has 1 aliphatic rings. The van der Waals surface area contributed by atoms with Crippen molar-refractivity contribution < 1.29 is 8.91 Å². The van der Waals surface area contributed by atoms with Crippen molar-refractivity contribution in [2.45, 2.75) is 38.6 Å². The van der Waals surface area contributed by atoms with E-state index < -0.39 is 0 Å². The molecule has 2 radical (unpaired) electrons. The molecule has 0 aliphatic heterocycles. The van der Waals surface area contributed by atoms with E-state index in [1.165, 1.54) is 12.5 Å². The van der Waals surface area contributed by atoms with Crippen LogP contribution >= 0.6 is 0 Å². The topological polar surface area (TPSA) is 38.1 Å². The summed E-state index contributed by atoms with van der Waals surface area (Å²) in [7, 11) is 5.54. The van der Waals surface area contributed by atoms with Crippen LogP contribution in [0.15, 0.2) is 22.7 Å². The van der Waals surface area contributed by atoms with E-state index in [4.69, 9.17) is 12.4 Å². The number of aromatic nitrogens is 1. The van der Waals surface area contributed by atoms with Crippen LogP contribution in [-0.4, -0.2) is 13.0 Å². The highest BCUT2D eigenvalue weighted by molar-refractivity contribution is 6.32. The molecule has 5 heteroatoms. The van der Waals surface area contributed by atoms with E-state index in [2.05, 4.69) is 10.5 Å². The van der Waals surface area contributed by atoms with Gasteiger partial charge in [-0.1, -0.05) is 29.2 Å². The normalized spacial score (nSPS) is 14.7. The van der Waals surface area contributed by atoms with Crippen LogP contribution < -0.4 is 10.8 Å². The first kappa shape index (κ1) is 13.2. The van der Waals surface area contributed by atoms with Gasteiger partial charge in [0.2, 0.25) is 0 Å². The summed E-state index contributed by atoms with van der Waals surface area (Å²) in [4.78, 5) is 0. The predicted octanol–water partition coefficient (Wildman–Crippen LogP) is 2.49. The Bertz CT molecular complexity index is 612. The van der Waals surface area contributed by atoms with Crippen LogP contribution in [0.25, 0.3) is 0 Å². The third kappa shape index (κ3) is 2.71. The summed E-state index contributed by atoms with van der Waals surface area (Å²) in [5.74, 6) is 1.42. The summed E-state index contributed by atoms with van der Waals surface area (Å²) in [6.07, 6.45) is 5.44. The minimum Gasteiger partial charge on any atom is -0.363 e. The number of rotatable bonds is 3. The van der Waals surface area contributed by atoms with Gasteiger partial charge in [-0.25, -0.2) is 4.39 Å². The van der Waals surface area contributed by atoms with Crippen LogP contribution in [0.4, 0.5) is 10.2 Å². The molecule has 1 N–H and O–H groups in total. The number of hydrogen-bond donors (Lipinski definition) is 1. The highest BCUT2D eigenvalue weighted by Gasteiger charge is 2.18. The summed E-state index contributed by atoms with van der Waals surface area (Å²) >= 11 is 0. The monoisotopic (exact) mass is 270 g/mol. The number of nitrogens with zero attached hydrogens (tertiary/aromatic N) is 1. The Morgan fingerprint density at radius 2 is 2.10 bits per heavy atom. The maximum atomic E-state index is 13.7. The van der Waals surface area contributed by atoms with Gasteiger partial charge in [0.25, 0.3) is 0 Å². The van der Waals surface area contributed by atoms with Crippen LogP contribution in [0, 0.1) is 5.82 Å². The smallest absolute Gasteiger partial charge is 0.173 e. The summed E-state index contributed by atoms with van der Waals surface area (Å²) in [5, 5.41) is 7.24. The van der Waals surface area contributed by atoms with Crippen molar-refractivity contribution in [1.82, 2.24) is 5.16 Å². The van der Waals surface area contributed by atoms with Crippen molar-refractivity contribution in [3.63, 3.8) is 0 Å². The lowest BCUT2D eigenvalue weighted by atomic mass is 9.95. The summed E-state index contributed by atoms with van der Waals surface area (Å²) in [6, 6.07) is 4.72. The molecule has 0 saturated carbocycles. The zero-order valence-corrected chi connectivity index (χ0v) is 11.3. The SMILES string of the molecule is [B]c1ccc(CNc2noc3c2CCCCC3)c(F)c1. The van der Waals surface area contributed by atoms with E-state index in [1.54, 1.807) is 12.1 Å². The number of hydrogen-bond acceptors (Lipinski definition) is 3. The fourth-order valence-electron chi connectivity index (χ4n) is 2.59. The molecule has 1 aromatic carbocycles. The summed E-state index contributed by atoms with van der Waals surface area (Å²) in [5.41, 5.74) is 2.16. The highest BCUT2D eigenvalue weighted by Crippen LogP contribution is 2.27. The lowest BCUT2D eigenvalue weighted by molar-refractivity contribution is 0.382. The Morgan fingerprint density at radius 1 is 1.25 bits per heavy atom. The van der Waals surface area contributed by atoms with Gasteiger partial charge >= 0.3 is 0 Å². The zero-order valence-electron chi connectivity index (χ0n) is 11.3. The quantitative estimate of drug-likeness (QED) is 0.687. The second kappa shape index (κ2) is 5.69. The van der Waals surface area contributed by atoms with Gasteiger partial charge in [-0.2, -0.15) is 0 Å². The van der Waals surface area contributed by atoms with Crippen LogP contribution in [0.3, 0.4) is 0 Å². The number of aryl methyl sites for hydroxylation is 1. The third-order valence-corrected chi connectivity index (χ3v) is 3.72. The van der Waals surface area contributed by atoms with E-state index in [0.717, 1.165) is 42.8 Å². The lowest BCUT2D eigenvalue weighted by Gasteiger charge is -2.07. The van der Waals surface area contributed by atoms with E-state index in [-0.39, 0.29) is 5.82 Å². The predicted molar refractivity (Wildman–Crippen MR) is 76.9 cm³/mol. The number of nitrogens with one attached hydrogen (secondary N) is 1. The molecule has 1 heterocycles. The van der Waals surface area contributed by atoms with E-state index in [9.17, 15) is 4.39 Å². The average Bonchev–Trinajstić information content (AvgIpc) is 2.66. The molecule has 1 aromatic heterocycles. The molecule has 0 atom stereocenters. The Balaban J connectivity index is 1.74. The number of benzene rings is 1. The van der Waals surface area contributed by atoms with Crippen LogP contribution in [0.5, 0.6) is 0 Å². The van der Waals surface area contributed by atoms with Gasteiger partial charge in [-0.05, 0) is 25.3 Å². The number of anilines is 1. The number of fused-ring (bicyclic) bond motifs is 1. The zero-order chi connectivity index (χ0) is 13.9. The first-order valence-corrected chi connectivity index (χ1v) is 6.99. The maximum Gasteiger partial charge on any atom is 0.173 e. The summed E-state index contributed by atoms with van der Waals surface area (Å²) < 4.78 is 19.1. The molecule has 0 bridgehead atoms. The van der Waals surface area contributed by atoms with Gasteiger partial charge in [0.05, 0.1) is 0 Å². The third-order valence-electron chi connectivity index (χ3n) is 3.72. The van der Waals surface area contributed by atoms with Crippen LogP contribution in [0.2, 0.25) is 0 Å². The molecule has 0 fully saturated rings. The Hall–Kier alpha value is -1.78. The Labute approximate surface area is 119 Å². The van der Waals surface area contributed by atoms with Crippen LogP contribution in [0.1, 0.15) is 36.1 Å². The summed E-state index contributed by atoms with van der Waals surface area (Å²) in [6.45, 7) is 0.380. The molecule has 3 nitrogen and oxygen atoms in total. The van der Waals surface area contributed by atoms with Crippen LogP contribution in [-0.2, 0) is 19.4 Å². The van der Waals surface area contributed by atoms with Crippen molar-refractivity contribution in [1.29, 1.82) is 0 Å². The molecule has 0 spiro atoms. The van der Waals surface area contributed by atoms with E-state index in [1.807, 2.05) is 0 Å². The van der Waals surface area contributed by atoms with E-state index in [0.29, 0.717) is 17.6 Å². The molecule has 3 rings (SSSR count). The largest absolute Gasteiger partial charge is 0.363 e. The van der Waals surface area contributed by atoms with Crippen molar-refractivity contribution in [2.24, 2.45) is 0 Å². The van der Waals surface area contributed by atoms with Gasteiger partial charge in [0.1, 0.15) is 19.4 Å². The molecular weight excluding hydrogens is 254 g/mol. The molecular formula is C15H16BFN2O. The maximum absolute atomic E-state index is 13.7. The molecule has 0 amide bonds. The highest BCUT2D eigenvalue weighted by atomic mass is 19.1. The van der Waals surface area contributed by atoms with Crippen molar-refractivity contribution in [3.8, 4) is 0 Å². The van der Waals surface area contributed by atoms with Crippen molar-refractivity contribution in [2.75, 3.05) is 5.32 Å². The average molecular weight is 270 g/mol. The minimum atomic E-state index is -0.299. The number of halogens is 1. The molecule has 0 unspecified atom stereocenters. The van der Waals surface area contributed by atoms with Gasteiger partial charge in [0.15, 0.2) is 5.82 Å². The molecule has 1 aliphatic carbocycles. The van der Waals surface area contributed by atoms with Gasteiger partial charge in [-0.15, -0.1) is 0 Å².